The van der Waals surface area contributed by atoms with E-state index >= 15 is 0 Å². The first-order valence-corrected chi connectivity index (χ1v) is 9.44. The highest BCUT2D eigenvalue weighted by atomic mass is 16.7. The number of ether oxygens (including phenoxy) is 1. The van der Waals surface area contributed by atoms with E-state index in [1.165, 1.54) is 7.11 Å². The molecule has 1 aromatic carbocycles. The lowest BCUT2D eigenvalue weighted by Gasteiger charge is -2.32. The number of hydrogen-bond acceptors (Lipinski definition) is 4. The Morgan fingerprint density at radius 3 is 2.15 bits per heavy atom. The summed E-state index contributed by atoms with van der Waals surface area (Å²) in [5.74, 6) is -0.313. The second-order valence-corrected chi connectivity index (χ2v) is 7.86. The molecule has 1 heterocycles. The van der Waals surface area contributed by atoms with Crippen molar-refractivity contribution in [3.05, 3.63) is 35.9 Å². The number of rotatable bonds is 7. The molecule has 1 aliphatic rings. The van der Waals surface area contributed by atoms with Crippen molar-refractivity contribution in [1.82, 2.24) is 0 Å². The van der Waals surface area contributed by atoms with Gasteiger partial charge in [0.05, 0.1) is 18.3 Å². The van der Waals surface area contributed by atoms with Crippen LogP contribution in [-0.4, -0.2) is 31.4 Å². The molecule has 0 N–H and O–H groups in total. The van der Waals surface area contributed by atoms with Crippen LogP contribution < -0.4 is 5.46 Å². The fraction of sp³-hybridized carbons (Fsp3) is 0.571. The van der Waals surface area contributed by atoms with Gasteiger partial charge in [-0.2, -0.15) is 0 Å². The third-order valence-corrected chi connectivity index (χ3v) is 5.35. The molecule has 1 saturated heterocycles. The predicted octanol–water partition coefficient (Wildman–Crippen LogP) is 4.12. The quantitative estimate of drug-likeness (QED) is 0.318. The van der Waals surface area contributed by atoms with E-state index in [1.807, 2.05) is 52.0 Å². The van der Waals surface area contributed by atoms with Gasteiger partial charge in [-0.3, -0.25) is 0 Å². The lowest BCUT2D eigenvalue weighted by Crippen LogP contribution is -2.41. The molecule has 0 saturated carbocycles. The molecule has 0 atom stereocenters. The first kappa shape index (κ1) is 20.7. The van der Waals surface area contributed by atoms with Gasteiger partial charge in [0.25, 0.3) is 0 Å². The average molecular weight is 358 g/mol. The van der Waals surface area contributed by atoms with Gasteiger partial charge in [-0.25, -0.2) is 4.79 Å². The van der Waals surface area contributed by atoms with Gasteiger partial charge in [0.2, 0.25) is 0 Å². The molecule has 0 aliphatic carbocycles. The Bertz CT molecular complexity index is 630. The normalized spacial score (nSPS) is 18.8. The van der Waals surface area contributed by atoms with E-state index in [1.54, 1.807) is 6.08 Å². The summed E-state index contributed by atoms with van der Waals surface area (Å²) in [7, 11) is 1.03. The van der Waals surface area contributed by atoms with E-state index < -0.39 is 0 Å². The lowest BCUT2D eigenvalue weighted by atomic mass is 9.78. The number of carbonyl (C=O) groups is 1. The van der Waals surface area contributed by atoms with Gasteiger partial charge in [-0.15, -0.1) is 0 Å². The number of methoxy groups -OCH3 is 1. The van der Waals surface area contributed by atoms with Crippen molar-refractivity contribution in [3.8, 4) is 0 Å². The van der Waals surface area contributed by atoms with Gasteiger partial charge in [0.15, 0.2) is 0 Å². The summed E-state index contributed by atoms with van der Waals surface area (Å²) in [4.78, 5) is 11.7. The monoisotopic (exact) mass is 358 g/mol. The van der Waals surface area contributed by atoms with Crippen LogP contribution in [0.2, 0.25) is 0 Å². The van der Waals surface area contributed by atoms with Crippen LogP contribution in [-0.2, 0) is 18.8 Å². The van der Waals surface area contributed by atoms with Crippen molar-refractivity contribution in [1.29, 1.82) is 0 Å². The molecule has 0 amide bonds. The number of allylic oxidation sites excluding steroid dienone is 1. The molecule has 2 rings (SSSR count). The van der Waals surface area contributed by atoms with Gasteiger partial charge in [-0.1, -0.05) is 44.0 Å². The summed E-state index contributed by atoms with van der Waals surface area (Å²) in [6, 6.07) is 8.09. The highest BCUT2D eigenvalue weighted by Gasteiger charge is 2.51. The molecule has 1 fully saturated rings. The summed E-state index contributed by atoms with van der Waals surface area (Å²) in [6.45, 7) is 10.4. The second kappa shape index (κ2) is 8.40. The summed E-state index contributed by atoms with van der Waals surface area (Å²) < 4.78 is 17.0. The molecule has 5 heteroatoms. The predicted molar refractivity (Wildman–Crippen MR) is 106 cm³/mol. The van der Waals surface area contributed by atoms with Gasteiger partial charge in [0.1, 0.15) is 0 Å². The molecule has 26 heavy (non-hydrogen) atoms. The van der Waals surface area contributed by atoms with Crippen LogP contribution in [0.5, 0.6) is 0 Å². The number of carbonyl (C=O) groups excluding carboxylic acids is 1. The average Bonchev–Trinajstić information content (AvgIpc) is 2.82. The Kier molecular flexibility index (Phi) is 6.70. The molecule has 1 aliphatic heterocycles. The maximum Gasteiger partial charge on any atom is 0.494 e. The van der Waals surface area contributed by atoms with E-state index in [4.69, 9.17) is 14.0 Å². The van der Waals surface area contributed by atoms with Crippen molar-refractivity contribution in [2.45, 2.75) is 71.5 Å². The van der Waals surface area contributed by atoms with Crippen LogP contribution in [0.25, 0.3) is 5.57 Å². The highest BCUT2D eigenvalue weighted by Crippen LogP contribution is 2.36. The minimum Gasteiger partial charge on any atom is -0.466 e. The van der Waals surface area contributed by atoms with Gasteiger partial charge >= 0.3 is 13.1 Å². The molecule has 0 aromatic heterocycles. The number of benzene rings is 1. The van der Waals surface area contributed by atoms with Gasteiger partial charge in [0, 0.05) is 6.08 Å². The fourth-order valence-corrected chi connectivity index (χ4v) is 2.90. The van der Waals surface area contributed by atoms with Crippen molar-refractivity contribution in [2.24, 2.45) is 0 Å². The Morgan fingerprint density at radius 2 is 1.65 bits per heavy atom. The SMILES string of the molecule is CCCCC/C(=C\C(=O)OC)c1ccc(B2OC(C)(C)C(C)(C)O2)cc1. The first-order chi connectivity index (χ1) is 12.2. The summed E-state index contributed by atoms with van der Waals surface area (Å²) >= 11 is 0. The molecule has 0 unspecified atom stereocenters. The molecule has 0 bridgehead atoms. The Hall–Kier alpha value is -1.59. The standard InChI is InChI=1S/C21H31BO4/c1-7-8-9-10-17(15-19(23)24-6)16-11-13-18(14-12-16)22-25-20(2,3)21(4,5)26-22/h11-15H,7-10H2,1-6H3/b17-15+. The zero-order valence-electron chi connectivity index (χ0n) is 16.9. The summed E-state index contributed by atoms with van der Waals surface area (Å²) in [5, 5.41) is 0. The largest absolute Gasteiger partial charge is 0.494 e. The van der Waals surface area contributed by atoms with Crippen LogP contribution in [0.1, 0.15) is 65.9 Å². The molecule has 142 valence electrons. The van der Waals surface area contributed by atoms with E-state index in [9.17, 15) is 4.79 Å². The summed E-state index contributed by atoms with van der Waals surface area (Å²) in [6.07, 6.45) is 5.80. The molecule has 4 nitrogen and oxygen atoms in total. The van der Waals surface area contributed by atoms with E-state index in [0.29, 0.717) is 0 Å². The molecule has 0 spiro atoms. The Balaban J connectivity index is 2.18. The minimum absolute atomic E-state index is 0.313. The minimum atomic E-state index is -0.373. The van der Waals surface area contributed by atoms with E-state index in [0.717, 1.165) is 42.3 Å². The lowest BCUT2D eigenvalue weighted by molar-refractivity contribution is -0.134. The zero-order chi connectivity index (χ0) is 19.4. The van der Waals surface area contributed by atoms with Gasteiger partial charge in [-0.05, 0) is 57.1 Å². The van der Waals surface area contributed by atoms with Crippen LogP contribution >= 0.6 is 0 Å². The Morgan fingerprint density at radius 1 is 1.08 bits per heavy atom. The number of esters is 1. The molecular formula is C21H31BO4. The fourth-order valence-electron chi connectivity index (χ4n) is 2.90. The van der Waals surface area contributed by atoms with Crippen LogP contribution in [0.15, 0.2) is 30.3 Å². The molecular weight excluding hydrogens is 327 g/mol. The van der Waals surface area contributed by atoms with Crippen LogP contribution in [0.4, 0.5) is 0 Å². The van der Waals surface area contributed by atoms with Crippen molar-refractivity contribution < 1.29 is 18.8 Å². The number of unbranched alkanes of at least 4 members (excludes halogenated alkanes) is 2. The Labute approximate surface area is 158 Å². The van der Waals surface area contributed by atoms with Crippen molar-refractivity contribution in [3.63, 3.8) is 0 Å². The van der Waals surface area contributed by atoms with Gasteiger partial charge < -0.3 is 14.0 Å². The smallest absolute Gasteiger partial charge is 0.466 e. The number of hydrogen-bond donors (Lipinski definition) is 0. The molecule has 1 aromatic rings. The van der Waals surface area contributed by atoms with Crippen LogP contribution in [0, 0.1) is 0 Å². The topological polar surface area (TPSA) is 44.8 Å². The summed E-state index contributed by atoms with van der Waals surface area (Å²) in [5.41, 5.74) is 2.31. The highest BCUT2D eigenvalue weighted by molar-refractivity contribution is 6.62. The van der Waals surface area contributed by atoms with Crippen molar-refractivity contribution in [2.75, 3.05) is 7.11 Å². The third-order valence-electron chi connectivity index (χ3n) is 5.35. The van der Waals surface area contributed by atoms with E-state index in [2.05, 4.69) is 6.92 Å². The molecule has 0 radical (unpaired) electrons. The van der Waals surface area contributed by atoms with E-state index in [-0.39, 0.29) is 24.3 Å². The maximum atomic E-state index is 11.7. The first-order valence-electron chi connectivity index (χ1n) is 9.44. The third kappa shape index (κ3) is 4.77. The second-order valence-electron chi connectivity index (χ2n) is 7.86. The van der Waals surface area contributed by atoms with Crippen molar-refractivity contribution >= 4 is 24.1 Å². The maximum absolute atomic E-state index is 11.7. The zero-order valence-corrected chi connectivity index (χ0v) is 16.9. The van der Waals surface area contributed by atoms with Crippen LogP contribution in [0.3, 0.4) is 0 Å².